The molecule has 0 spiro atoms. The summed E-state index contributed by atoms with van der Waals surface area (Å²) in [5.41, 5.74) is 2.48. The van der Waals surface area contributed by atoms with Crippen molar-refractivity contribution in [3.8, 4) is 5.88 Å². The maximum atomic E-state index is 13.2. The Morgan fingerprint density at radius 2 is 2.18 bits per heavy atom. The molecule has 0 saturated heterocycles. The highest BCUT2D eigenvalue weighted by atomic mass is 32.2. The van der Waals surface area contributed by atoms with Crippen molar-refractivity contribution in [2.45, 2.75) is 39.5 Å². The monoisotopic (exact) mass is 405 g/mol. The molecule has 0 aromatic carbocycles. The standard InChI is InChI=1S/C19H23N3O5S/c1-4-5-6-12-13(18(23)14-10-20-22(3)19(14)24)9-16(28(25)26)11(2)17(12)15-7-8-27-21-15/h9-11,24H,4-8H2,1-3H3. The average molecular weight is 405 g/mol. The lowest BCUT2D eigenvalue weighted by Gasteiger charge is -2.26. The minimum Gasteiger partial charge on any atom is -0.493 e. The number of aromatic nitrogens is 2. The van der Waals surface area contributed by atoms with Crippen LogP contribution in [0.5, 0.6) is 5.88 Å². The quantitative estimate of drug-likeness (QED) is 0.574. The highest BCUT2D eigenvalue weighted by Gasteiger charge is 2.34. The second-order valence-corrected chi connectivity index (χ2v) is 7.81. The van der Waals surface area contributed by atoms with Gasteiger partial charge in [0.15, 0.2) is 5.78 Å². The molecule has 1 aromatic rings. The van der Waals surface area contributed by atoms with Gasteiger partial charge in [0.1, 0.15) is 12.2 Å². The van der Waals surface area contributed by atoms with E-state index in [0.717, 1.165) is 24.0 Å². The molecule has 2 aliphatic rings. The molecular formula is C19H23N3O5S. The lowest BCUT2D eigenvalue weighted by Crippen LogP contribution is -2.27. The van der Waals surface area contributed by atoms with Crippen LogP contribution in [0.3, 0.4) is 0 Å². The number of hydrogen-bond acceptors (Lipinski definition) is 7. The fourth-order valence-electron chi connectivity index (χ4n) is 3.58. The third kappa shape index (κ3) is 3.54. The molecule has 2 heterocycles. The van der Waals surface area contributed by atoms with Crippen LogP contribution in [0.2, 0.25) is 0 Å². The summed E-state index contributed by atoms with van der Waals surface area (Å²) in [6.45, 7) is 4.27. The van der Waals surface area contributed by atoms with E-state index in [0.29, 0.717) is 25.2 Å². The molecule has 9 heteroatoms. The number of Topliss-reactive ketones (excluding diaryl/α,β-unsaturated/α-hetero) is 1. The first kappa shape index (κ1) is 20.1. The first-order chi connectivity index (χ1) is 13.4. The Morgan fingerprint density at radius 1 is 1.43 bits per heavy atom. The normalized spacial score (nSPS) is 19.4. The van der Waals surface area contributed by atoms with E-state index in [-0.39, 0.29) is 21.9 Å². The molecule has 1 aliphatic heterocycles. The van der Waals surface area contributed by atoms with Crippen molar-refractivity contribution in [3.63, 3.8) is 0 Å². The van der Waals surface area contributed by atoms with E-state index in [4.69, 9.17) is 4.84 Å². The van der Waals surface area contributed by atoms with E-state index < -0.39 is 22.0 Å². The van der Waals surface area contributed by atoms with Gasteiger partial charge < -0.3 is 9.94 Å². The maximum Gasteiger partial charge on any atom is 0.220 e. The molecular weight excluding hydrogens is 382 g/mol. The predicted molar refractivity (Wildman–Crippen MR) is 105 cm³/mol. The zero-order chi connectivity index (χ0) is 20.4. The smallest absolute Gasteiger partial charge is 0.220 e. The van der Waals surface area contributed by atoms with E-state index in [1.165, 1.54) is 24.0 Å². The third-order valence-corrected chi connectivity index (χ3v) is 5.94. The number of allylic oxidation sites excluding steroid dienone is 4. The molecule has 0 amide bonds. The lowest BCUT2D eigenvalue weighted by molar-refractivity contribution is 0.103. The van der Waals surface area contributed by atoms with Gasteiger partial charge in [-0.3, -0.25) is 4.79 Å². The van der Waals surface area contributed by atoms with Crippen molar-refractivity contribution in [1.82, 2.24) is 9.78 Å². The van der Waals surface area contributed by atoms with Gasteiger partial charge in [-0.25, -0.2) is 4.68 Å². The minimum absolute atomic E-state index is 0.0392. The van der Waals surface area contributed by atoms with Gasteiger partial charge in [-0.15, -0.1) is 0 Å². The number of hydrogen-bond donors (Lipinski definition) is 1. The predicted octanol–water partition coefficient (Wildman–Crippen LogP) is 2.20. The van der Waals surface area contributed by atoms with Gasteiger partial charge in [0.25, 0.3) is 0 Å². The Balaban J connectivity index is 2.23. The van der Waals surface area contributed by atoms with Crippen LogP contribution in [-0.2, 0) is 22.2 Å². The molecule has 1 aliphatic carbocycles. The van der Waals surface area contributed by atoms with Crippen molar-refractivity contribution in [2.75, 3.05) is 6.61 Å². The molecule has 28 heavy (non-hydrogen) atoms. The van der Waals surface area contributed by atoms with Gasteiger partial charge in [0.2, 0.25) is 16.2 Å². The van der Waals surface area contributed by atoms with Gasteiger partial charge in [-0.05, 0) is 30.1 Å². The fourth-order valence-corrected chi connectivity index (χ4v) is 4.20. The number of unbranched alkanes of at least 4 members (excludes halogenated alkanes) is 1. The first-order valence-electron chi connectivity index (χ1n) is 9.22. The zero-order valence-corrected chi connectivity index (χ0v) is 16.9. The molecule has 1 unspecified atom stereocenters. The molecule has 1 N–H and O–H groups in total. The largest absolute Gasteiger partial charge is 0.493 e. The van der Waals surface area contributed by atoms with Gasteiger partial charge >= 0.3 is 0 Å². The molecule has 0 saturated carbocycles. The molecule has 0 radical (unpaired) electrons. The van der Waals surface area contributed by atoms with E-state index in [9.17, 15) is 18.3 Å². The average Bonchev–Trinajstić information content (AvgIpc) is 3.30. The van der Waals surface area contributed by atoms with E-state index in [1.807, 2.05) is 6.92 Å². The number of oxime groups is 1. The Kier molecular flexibility index (Phi) is 5.83. The number of ketones is 1. The SMILES string of the molecule is CCCCC1=C(C2=NOCC2)C(C)C(=S(=O)=O)C=C1C(=O)c1cnn(C)c1O. The van der Waals surface area contributed by atoms with Gasteiger partial charge in [-0.1, -0.05) is 25.4 Å². The second-order valence-electron chi connectivity index (χ2n) is 6.87. The van der Waals surface area contributed by atoms with Gasteiger partial charge in [0.05, 0.1) is 16.8 Å². The third-order valence-electron chi connectivity index (χ3n) is 5.08. The molecule has 3 rings (SSSR count). The summed E-state index contributed by atoms with van der Waals surface area (Å²) < 4.78 is 24.9. The summed E-state index contributed by atoms with van der Waals surface area (Å²) in [5, 5.41) is 18.2. The summed E-state index contributed by atoms with van der Waals surface area (Å²) in [5.74, 6) is -1.14. The van der Waals surface area contributed by atoms with Crippen LogP contribution in [-0.4, -0.2) is 46.3 Å². The topological polar surface area (TPSA) is 111 Å². The summed E-state index contributed by atoms with van der Waals surface area (Å²) in [7, 11) is -0.967. The number of aromatic hydroxyl groups is 1. The van der Waals surface area contributed by atoms with Crippen molar-refractivity contribution in [2.24, 2.45) is 18.1 Å². The van der Waals surface area contributed by atoms with Crippen LogP contribution in [0.4, 0.5) is 0 Å². The molecule has 8 nitrogen and oxygen atoms in total. The summed E-state index contributed by atoms with van der Waals surface area (Å²) >= 11 is 0. The summed E-state index contributed by atoms with van der Waals surface area (Å²) in [6, 6.07) is 0. The second kappa shape index (κ2) is 8.14. The van der Waals surface area contributed by atoms with Crippen molar-refractivity contribution < 1.29 is 23.2 Å². The Labute approximate surface area is 164 Å². The summed E-state index contributed by atoms with van der Waals surface area (Å²) in [4.78, 5) is 18.5. The maximum absolute atomic E-state index is 13.2. The number of carbonyl (C=O) groups excluding carboxylic acids is 1. The van der Waals surface area contributed by atoms with Crippen molar-refractivity contribution in [1.29, 1.82) is 0 Å². The Hall–Kier alpha value is -2.68. The zero-order valence-electron chi connectivity index (χ0n) is 16.1. The highest BCUT2D eigenvalue weighted by molar-refractivity contribution is 7.73. The van der Waals surface area contributed by atoms with Crippen LogP contribution in [0.15, 0.2) is 34.1 Å². The molecule has 1 atom stereocenters. The Morgan fingerprint density at radius 3 is 2.71 bits per heavy atom. The number of rotatable bonds is 6. The number of aryl methyl sites for hydroxylation is 1. The minimum atomic E-state index is -2.49. The number of nitrogens with zero attached hydrogens (tertiary/aromatic N) is 3. The van der Waals surface area contributed by atoms with E-state index in [1.54, 1.807) is 6.92 Å². The molecule has 150 valence electrons. The van der Waals surface area contributed by atoms with Crippen molar-refractivity contribution in [3.05, 3.63) is 34.6 Å². The van der Waals surface area contributed by atoms with Crippen LogP contribution < -0.4 is 0 Å². The van der Waals surface area contributed by atoms with Gasteiger partial charge in [0, 0.05) is 25.0 Å². The fraction of sp³-hybridized carbons (Fsp3) is 0.474. The van der Waals surface area contributed by atoms with Crippen molar-refractivity contribution >= 4 is 26.7 Å². The molecule has 1 aromatic heterocycles. The highest BCUT2D eigenvalue weighted by Crippen LogP contribution is 2.36. The van der Waals surface area contributed by atoms with Crippen LogP contribution in [0.1, 0.15) is 49.9 Å². The molecule has 0 bridgehead atoms. The van der Waals surface area contributed by atoms with Crippen LogP contribution in [0.25, 0.3) is 0 Å². The van der Waals surface area contributed by atoms with Crippen LogP contribution >= 0.6 is 0 Å². The summed E-state index contributed by atoms with van der Waals surface area (Å²) in [6.07, 6.45) is 5.63. The van der Waals surface area contributed by atoms with Gasteiger partial charge in [-0.2, -0.15) is 13.5 Å². The van der Waals surface area contributed by atoms with E-state index in [2.05, 4.69) is 10.3 Å². The lowest BCUT2D eigenvalue weighted by atomic mass is 9.77. The molecule has 0 fully saturated rings. The van der Waals surface area contributed by atoms with E-state index >= 15 is 0 Å². The Bertz CT molecular complexity index is 1040. The first-order valence-corrected chi connectivity index (χ1v) is 10.3. The number of carbonyl (C=O) groups is 1. The van der Waals surface area contributed by atoms with Crippen LogP contribution in [0, 0.1) is 5.92 Å².